The SMILES string of the molecule is CC(Nc1nc[nH]c(=O)c1Br)c1ncc[nH]1. The van der Waals surface area contributed by atoms with Crippen LogP contribution in [0.25, 0.3) is 0 Å². The third-order valence-corrected chi connectivity index (χ3v) is 2.81. The lowest BCUT2D eigenvalue weighted by atomic mass is 10.3. The van der Waals surface area contributed by atoms with Crippen molar-refractivity contribution in [2.24, 2.45) is 0 Å². The molecule has 6 nitrogen and oxygen atoms in total. The zero-order valence-electron chi connectivity index (χ0n) is 8.49. The van der Waals surface area contributed by atoms with Crippen molar-refractivity contribution in [3.63, 3.8) is 0 Å². The number of hydrogen-bond acceptors (Lipinski definition) is 4. The van der Waals surface area contributed by atoms with Crippen molar-refractivity contribution in [1.82, 2.24) is 19.9 Å². The van der Waals surface area contributed by atoms with Crippen LogP contribution in [-0.4, -0.2) is 19.9 Å². The molecule has 7 heteroatoms. The number of rotatable bonds is 3. The Labute approximate surface area is 99.7 Å². The fourth-order valence-electron chi connectivity index (χ4n) is 1.27. The van der Waals surface area contributed by atoms with Gasteiger partial charge in [-0.1, -0.05) is 0 Å². The van der Waals surface area contributed by atoms with Crippen molar-refractivity contribution < 1.29 is 0 Å². The molecule has 16 heavy (non-hydrogen) atoms. The van der Waals surface area contributed by atoms with Gasteiger partial charge in [0, 0.05) is 12.4 Å². The Kier molecular flexibility index (Phi) is 3.04. The predicted molar refractivity (Wildman–Crippen MR) is 63.2 cm³/mol. The van der Waals surface area contributed by atoms with E-state index in [-0.39, 0.29) is 11.6 Å². The van der Waals surface area contributed by atoms with Crippen LogP contribution >= 0.6 is 15.9 Å². The maximum absolute atomic E-state index is 11.3. The Morgan fingerprint density at radius 2 is 2.25 bits per heavy atom. The normalized spacial score (nSPS) is 12.4. The Hall–Kier alpha value is -1.63. The maximum atomic E-state index is 11.3. The largest absolute Gasteiger partial charge is 0.359 e. The smallest absolute Gasteiger partial charge is 0.267 e. The average Bonchev–Trinajstić information content (AvgIpc) is 2.78. The number of nitrogens with zero attached hydrogens (tertiary/aromatic N) is 2. The molecule has 0 aliphatic rings. The third-order valence-electron chi connectivity index (χ3n) is 2.08. The van der Waals surface area contributed by atoms with Crippen molar-refractivity contribution in [2.75, 3.05) is 5.32 Å². The van der Waals surface area contributed by atoms with Gasteiger partial charge in [0.1, 0.15) is 16.1 Å². The molecule has 0 bridgehead atoms. The van der Waals surface area contributed by atoms with Gasteiger partial charge in [0.15, 0.2) is 0 Å². The molecular weight excluding hydrogens is 274 g/mol. The summed E-state index contributed by atoms with van der Waals surface area (Å²) in [5, 5.41) is 3.08. The highest BCUT2D eigenvalue weighted by Crippen LogP contribution is 2.19. The van der Waals surface area contributed by atoms with E-state index < -0.39 is 0 Å². The summed E-state index contributed by atoms with van der Waals surface area (Å²) >= 11 is 3.17. The van der Waals surface area contributed by atoms with Gasteiger partial charge < -0.3 is 15.3 Å². The monoisotopic (exact) mass is 283 g/mol. The van der Waals surface area contributed by atoms with E-state index in [0.29, 0.717) is 10.3 Å². The number of aromatic nitrogens is 4. The van der Waals surface area contributed by atoms with Gasteiger partial charge in [-0.25, -0.2) is 9.97 Å². The van der Waals surface area contributed by atoms with Crippen molar-refractivity contribution in [2.45, 2.75) is 13.0 Å². The van der Waals surface area contributed by atoms with Crippen LogP contribution in [0, 0.1) is 0 Å². The van der Waals surface area contributed by atoms with Gasteiger partial charge in [0.05, 0.1) is 12.4 Å². The minimum Gasteiger partial charge on any atom is -0.359 e. The highest BCUT2D eigenvalue weighted by atomic mass is 79.9. The van der Waals surface area contributed by atoms with Gasteiger partial charge in [-0.15, -0.1) is 0 Å². The van der Waals surface area contributed by atoms with E-state index in [0.717, 1.165) is 5.82 Å². The van der Waals surface area contributed by atoms with Crippen molar-refractivity contribution in [3.8, 4) is 0 Å². The van der Waals surface area contributed by atoms with Gasteiger partial charge in [-0.3, -0.25) is 4.79 Å². The van der Waals surface area contributed by atoms with Gasteiger partial charge >= 0.3 is 0 Å². The summed E-state index contributed by atoms with van der Waals surface area (Å²) < 4.78 is 0.383. The Morgan fingerprint density at radius 1 is 1.44 bits per heavy atom. The summed E-state index contributed by atoms with van der Waals surface area (Å²) in [4.78, 5) is 24.9. The number of anilines is 1. The average molecular weight is 284 g/mol. The van der Waals surface area contributed by atoms with Gasteiger partial charge in [0.25, 0.3) is 5.56 Å². The van der Waals surface area contributed by atoms with E-state index >= 15 is 0 Å². The van der Waals surface area contributed by atoms with Gasteiger partial charge in [0.2, 0.25) is 0 Å². The quantitative estimate of drug-likeness (QED) is 0.795. The standard InChI is InChI=1S/C9H10BrN5O/c1-5(7-11-2-3-12-7)15-8-6(10)9(16)14-4-13-8/h2-5H,1H3,(H,11,12)(H2,13,14,15,16). The van der Waals surface area contributed by atoms with Crippen LogP contribution in [0.2, 0.25) is 0 Å². The molecule has 0 fully saturated rings. The van der Waals surface area contributed by atoms with Crippen LogP contribution in [0.1, 0.15) is 18.8 Å². The summed E-state index contributed by atoms with van der Waals surface area (Å²) in [5.74, 6) is 1.28. The highest BCUT2D eigenvalue weighted by molar-refractivity contribution is 9.10. The molecule has 0 saturated heterocycles. The fraction of sp³-hybridized carbons (Fsp3) is 0.222. The van der Waals surface area contributed by atoms with Crippen LogP contribution in [0.5, 0.6) is 0 Å². The number of imidazole rings is 1. The first-order valence-electron chi connectivity index (χ1n) is 4.67. The summed E-state index contributed by atoms with van der Waals surface area (Å²) in [6, 6.07) is -0.0550. The second-order valence-corrected chi connectivity index (χ2v) is 4.03. The van der Waals surface area contributed by atoms with Gasteiger partial charge in [-0.2, -0.15) is 0 Å². The maximum Gasteiger partial charge on any atom is 0.267 e. The lowest BCUT2D eigenvalue weighted by Crippen LogP contribution is -2.15. The molecule has 0 saturated carbocycles. The molecule has 0 aromatic carbocycles. The number of aromatic amines is 2. The number of H-pyrrole nitrogens is 2. The van der Waals surface area contributed by atoms with E-state index in [2.05, 4.69) is 41.2 Å². The Morgan fingerprint density at radius 3 is 2.94 bits per heavy atom. The number of nitrogens with one attached hydrogen (secondary N) is 3. The van der Waals surface area contributed by atoms with Crippen LogP contribution in [-0.2, 0) is 0 Å². The first kappa shape index (κ1) is 10.9. The minimum atomic E-state index is -0.218. The molecule has 84 valence electrons. The molecule has 0 spiro atoms. The zero-order valence-corrected chi connectivity index (χ0v) is 10.1. The lowest BCUT2D eigenvalue weighted by Gasteiger charge is -2.12. The molecule has 2 heterocycles. The van der Waals surface area contributed by atoms with Crippen LogP contribution in [0.4, 0.5) is 5.82 Å². The summed E-state index contributed by atoms with van der Waals surface area (Å²) in [7, 11) is 0. The molecular formula is C9H10BrN5O. The molecule has 2 rings (SSSR count). The Balaban J connectivity index is 2.21. The topological polar surface area (TPSA) is 86.5 Å². The molecule has 0 amide bonds. The molecule has 0 aliphatic carbocycles. The first-order valence-corrected chi connectivity index (χ1v) is 5.47. The Bertz CT molecular complexity index is 521. The van der Waals surface area contributed by atoms with E-state index in [1.165, 1.54) is 6.33 Å². The molecule has 1 atom stereocenters. The highest BCUT2D eigenvalue weighted by Gasteiger charge is 2.11. The van der Waals surface area contributed by atoms with Gasteiger partial charge in [-0.05, 0) is 22.9 Å². The predicted octanol–water partition coefficient (Wildman–Crippen LogP) is 1.43. The summed E-state index contributed by atoms with van der Waals surface area (Å²) in [6.07, 6.45) is 4.77. The van der Waals surface area contributed by atoms with E-state index in [1.807, 2.05) is 6.92 Å². The fourth-order valence-corrected chi connectivity index (χ4v) is 1.60. The van der Waals surface area contributed by atoms with Crippen molar-refractivity contribution >= 4 is 21.7 Å². The van der Waals surface area contributed by atoms with Crippen LogP contribution in [0.3, 0.4) is 0 Å². The van der Waals surface area contributed by atoms with Crippen molar-refractivity contribution in [1.29, 1.82) is 0 Å². The van der Waals surface area contributed by atoms with Crippen molar-refractivity contribution in [3.05, 3.63) is 39.4 Å². The van der Waals surface area contributed by atoms with Crippen LogP contribution < -0.4 is 10.9 Å². The first-order chi connectivity index (χ1) is 7.68. The molecule has 2 aromatic heterocycles. The van der Waals surface area contributed by atoms with Crippen LogP contribution in [0.15, 0.2) is 28.0 Å². The van der Waals surface area contributed by atoms with E-state index in [4.69, 9.17) is 0 Å². The molecule has 3 N–H and O–H groups in total. The number of halogens is 1. The number of hydrogen-bond donors (Lipinski definition) is 3. The zero-order chi connectivity index (χ0) is 11.5. The molecule has 1 unspecified atom stereocenters. The molecule has 0 aliphatic heterocycles. The molecule has 0 radical (unpaired) electrons. The van der Waals surface area contributed by atoms with E-state index in [1.54, 1.807) is 12.4 Å². The minimum absolute atomic E-state index is 0.0550. The summed E-state index contributed by atoms with van der Waals surface area (Å²) in [5.41, 5.74) is -0.218. The van der Waals surface area contributed by atoms with E-state index in [9.17, 15) is 4.79 Å². The summed E-state index contributed by atoms with van der Waals surface area (Å²) in [6.45, 7) is 1.92. The molecule has 2 aromatic rings. The second-order valence-electron chi connectivity index (χ2n) is 3.23. The third kappa shape index (κ3) is 2.13. The second kappa shape index (κ2) is 4.48. The lowest BCUT2D eigenvalue weighted by molar-refractivity contribution is 0.800.